The van der Waals surface area contributed by atoms with Crippen LogP contribution in [0.3, 0.4) is 0 Å². The van der Waals surface area contributed by atoms with Gasteiger partial charge < -0.3 is 15.8 Å². The molecular weight excluding hydrogens is 250 g/mol. The first-order valence-corrected chi connectivity index (χ1v) is 7.70. The maximum Gasteiger partial charge on any atom is 0.126 e. The zero-order valence-corrected chi connectivity index (χ0v) is 12.7. The third-order valence-corrected chi connectivity index (χ3v) is 4.48. The monoisotopic (exact) mass is 277 g/mol. The number of hydrogen-bond acceptors (Lipinski definition) is 4. The van der Waals surface area contributed by atoms with Crippen LogP contribution in [-0.4, -0.2) is 30.3 Å². The summed E-state index contributed by atoms with van der Waals surface area (Å²) in [6.45, 7) is 3.20. The molecule has 3 N–H and O–H groups in total. The van der Waals surface area contributed by atoms with Crippen LogP contribution in [0.15, 0.2) is 18.3 Å². The summed E-state index contributed by atoms with van der Waals surface area (Å²) in [5, 5.41) is 3.67. The smallest absolute Gasteiger partial charge is 0.126 e. The molecular formula is C16H27N3O. The van der Waals surface area contributed by atoms with Gasteiger partial charge in [-0.1, -0.05) is 25.8 Å². The molecule has 4 nitrogen and oxygen atoms in total. The Morgan fingerprint density at radius 3 is 2.80 bits per heavy atom. The number of pyridine rings is 1. The Balaban J connectivity index is 2.17. The van der Waals surface area contributed by atoms with Crippen LogP contribution < -0.4 is 11.1 Å². The molecule has 1 unspecified atom stereocenters. The molecule has 0 radical (unpaired) electrons. The minimum Gasteiger partial charge on any atom is -0.383 e. The van der Waals surface area contributed by atoms with E-state index in [1.807, 2.05) is 13.2 Å². The van der Waals surface area contributed by atoms with Crippen molar-refractivity contribution in [3.05, 3.63) is 23.9 Å². The van der Waals surface area contributed by atoms with Gasteiger partial charge in [0.1, 0.15) is 5.82 Å². The van der Waals surface area contributed by atoms with Crippen molar-refractivity contribution in [2.75, 3.05) is 19.4 Å². The quantitative estimate of drug-likeness (QED) is 0.804. The van der Waals surface area contributed by atoms with Gasteiger partial charge in [-0.25, -0.2) is 4.98 Å². The Hall–Kier alpha value is -1.13. The van der Waals surface area contributed by atoms with E-state index in [1.165, 1.54) is 12.8 Å². The first kappa shape index (κ1) is 15.3. The Labute approximate surface area is 122 Å². The maximum atomic E-state index is 6.00. The van der Waals surface area contributed by atoms with Gasteiger partial charge in [-0.05, 0) is 43.9 Å². The fourth-order valence-corrected chi connectivity index (χ4v) is 3.27. The van der Waals surface area contributed by atoms with Crippen molar-refractivity contribution in [3.8, 4) is 0 Å². The normalized spacial score (nSPS) is 19.1. The molecule has 0 bridgehead atoms. The molecule has 0 aromatic carbocycles. The average molecular weight is 277 g/mol. The fourth-order valence-electron chi connectivity index (χ4n) is 3.27. The van der Waals surface area contributed by atoms with Gasteiger partial charge in [0.2, 0.25) is 0 Å². The molecule has 1 aromatic rings. The second-order valence-corrected chi connectivity index (χ2v) is 5.73. The van der Waals surface area contributed by atoms with Gasteiger partial charge >= 0.3 is 0 Å². The number of hydrogen-bond donors (Lipinski definition) is 2. The maximum absolute atomic E-state index is 6.00. The summed E-state index contributed by atoms with van der Waals surface area (Å²) < 4.78 is 5.95. The molecule has 112 valence electrons. The third-order valence-electron chi connectivity index (χ3n) is 4.48. The van der Waals surface area contributed by atoms with Gasteiger partial charge in [0.05, 0.1) is 5.60 Å². The predicted molar refractivity (Wildman–Crippen MR) is 82.6 cm³/mol. The second kappa shape index (κ2) is 7.04. The van der Waals surface area contributed by atoms with Crippen LogP contribution >= 0.6 is 0 Å². The summed E-state index contributed by atoms with van der Waals surface area (Å²) in [5.74, 6) is 0.639. The van der Waals surface area contributed by atoms with Crippen LogP contribution in [0.1, 0.15) is 44.6 Å². The van der Waals surface area contributed by atoms with Gasteiger partial charge in [0.15, 0.2) is 0 Å². The second-order valence-electron chi connectivity index (χ2n) is 5.73. The zero-order valence-electron chi connectivity index (χ0n) is 12.7. The lowest BCUT2D eigenvalue weighted by atomic mass is 9.87. The van der Waals surface area contributed by atoms with Crippen LogP contribution in [0.2, 0.25) is 0 Å². The molecule has 1 aliphatic carbocycles. The van der Waals surface area contributed by atoms with Gasteiger partial charge in [-0.15, -0.1) is 0 Å². The molecule has 20 heavy (non-hydrogen) atoms. The van der Waals surface area contributed by atoms with Crippen molar-refractivity contribution < 1.29 is 4.74 Å². The summed E-state index contributed by atoms with van der Waals surface area (Å²) in [4.78, 5) is 4.20. The summed E-state index contributed by atoms with van der Waals surface area (Å²) in [6, 6.07) is 4.33. The van der Waals surface area contributed by atoms with E-state index in [2.05, 4.69) is 23.3 Å². The summed E-state index contributed by atoms with van der Waals surface area (Å²) in [5.41, 5.74) is 7.07. The average Bonchev–Trinajstić information content (AvgIpc) is 2.95. The van der Waals surface area contributed by atoms with E-state index >= 15 is 0 Å². The van der Waals surface area contributed by atoms with E-state index in [1.54, 1.807) is 6.20 Å². The lowest BCUT2D eigenvalue weighted by molar-refractivity contribution is -0.0354. The number of aromatic nitrogens is 1. The molecule has 0 saturated heterocycles. The summed E-state index contributed by atoms with van der Waals surface area (Å²) in [7, 11) is 1.85. The van der Waals surface area contributed by atoms with Crippen molar-refractivity contribution in [2.45, 2.75) is 57.1 Å². The van der Waals surface area contributed by atoms with Gasteiger partial charge in [-0.2, -0.15) is 0 Å². The molecule has 1 saturated carbocycles. The van der Waals surface area contributed by atoms with E-state index < -0.39 is 0 Å². The predicted octanol–water partition coefficient (Wildman–Crippen LogP) is 2.53. The van der Waals surface area contributed by atoms with Crippen LogP contribution in [0.25, 0.3) is 0 Å². The van der Waals surface area contributed by atoms with Crippen LogP contribution in [0.5, 0.6) is 0 Å². The molecule has 0 spiro atoms. The van der Waals surface area contributed by atoms with Crippen molar-refractivity contribution in [1.82, 2.24) is 10.3 Å². The van der Waals surface area contributed by atoms with Gasteiger partial charge in [0, 0.05) is 19.3 Å². The molecule has 1 aromatic heterocycles. The minimum absolute atomic E-state index is 0.0442. The van der Waals surface area contributed by atoms with Crippen molar-refractivity contribution >= 4 is 5.82 Å². The number of nitrogen functional groups attached to an aromatic ring is 1. The van der Waals surface area contributed by atoms with Crippen molar-refractivity contribution in [2.24, 2.45) is 0 Å². The highest BCUT2D eigenvalue weighted by atomic mass is 16.5. The Morgan fingerprint density at radius 1 is 1.45 bits per heavy atom. The number of nitrogens with two attached hydrogens (primary N) is 1. The van der Waals surface area contributed by atoms with E-state index in [0.29, 0.717) is 11.9 Å². The largest absolute Gasteiger partial charge is 0.383 e. The Kier molecular flexibility index (Phi) is 5.38. The third kappa shape index (κ3) is 3.30. The highest BCUT2D eigenvalue weighted by molar-refractivity contribution is 5.39. The van der Waals surface area contributed by atoms with E-state index in [9.17, 15) is 0 Å². The SMILES string of the molecule is CCCNC(Cc1cccnc1N)C1(OC)CCCC1. The van der Waals surface area contributed by atoms with E-state index in [0.717, 1.165) is 37.8 Å². The first-order valence-electron chi connectivity index (χ1n) is 7.70. The highest BCUT2D eigenvalue weighted by Crippen LogP contribution is 2.37. The van der Waals surface area contributed by atoms with Gasteiger partial charge in [0.25, 0.3) is 0 Å². The van der Waals surface area contributed by atoms with Gasteiger partial charge in [-0.3, -0.25) is 0 Å². The Bertz CT molecular complexity index is 416. The molecule has 1 atom stereocenters. The summed E-state index contributed by atoms with van der Waals surface area (Å²) in [6.07, 6.45) is 8.51. The number of nitrogens with one attached hydrogen (secondary N) is 1. The number of anilines is 1. The van der Waals surface area contributed by atoms with Crippen LogP contribution in [-0.2, 0) is 11.2 Å². The fraction of sp³-hybridized carbons (Fsp3) is 0.688. The number of rotatable bonds is 7. The van der Waals surface area contributed by atoms with Crippen LogP contribution in [0, 0.1) is 0 Å². The molecule has 4 heteroatoms. The van der Waals surface area contributed by atoms with Crippen molar-refractivity contribution in [1.29, 1.82) is 0 Å². The molecule has 1 aliphatic rings. The number of methoxy groups -OCH3 is 1. The van der Waals surface area contributed by atoms with Crippen molar-refractivity contribution in [3.63, 3.8) is 0 Å². The zero-order chi connectivity index (χ0) is 14.4. The first-order chi connectivity index (χ1) is 9.72. The molecule has 0 aliphatic heterocycles. The number of ether oxygens (including phenoxy) is 1. The minimum atomic E-state index is -0.0442. The molecule has 2 rings (SSSR count). The molecule has 1 heterocycles. The molecule has 1 fully saturated rings. The summed E-state index contributed by atoms with van der Waals surface area (Å²) >= 11 is 0. The van der Waals surface area contributed by atoms with Crippen LogP contribution in [0.4, 0.5) is 5.82 Å². The highest BCUT2D eigenvalue weighted by Gasteiger charge is 2.41. The lowest BCUT2D eigenvalue weighted by Gasteiger charge is -2.37. The van der Waals surface area contributed by atoms with E-state index in [-0.39, 0.29) is 5.60 Å². The topological polar surface area (TPSA) is 60.2 Å². The lowest BCUT2D eigenvalue weighted by Crippen LogP contribution is -2.52. The standard InChI is InChI=1S/C16H27N3O/c1-3-10-18-14(16(20-2)8-4-5-9-16)12-13-7-6-11-19-15(13)17/h6-7,11,14,18H,3-5,8-10,12H2,1-2H3,(H2,17,19). The Morgan fingerprint density at radius 2 is 2.20 bits per heavy atom. The van der Waals surface area contributed by atoms with E-state index in [4.69, 9.17) is 10.5 Å². The number of nitrogens with zero attached hydrogens (tertiary/aromatic N) is 1. The molecule has 0 amide bonds.